The predicted octanol–water partition coefficient (Wildman–Crippen LogP) is 0.661. The molecule has 16 heteroatoms. The van der Waals surface area contributed by atoms with Gasteiger partial charge in [-0.15, -0.1) is 0 Å². The van der Waals surface area contributed by atoms with Gasteiger partial charge in [0.15, 0.2) is 29.2 Å². The Labute approximate surface area is 237 Å². The lowest BCUT2D eigenvalue weighted by atomic mass is 10.0. The Balaban J connectivity index is 2.09. The van der Waals surface area contributed by atoms with E-state index < -0.39 is 77.5 Å². The number of hydrogen-bond acceptors (Lipinski definition) is 6. The number of nitrogens with two attached hydrogens (primary N) is 3. The van der Waals surface area contributed by atoms with Gasteiger partial charge in [0.2, 0.25) is 23.5 Å². The van der Waals surface area contributed by atoms with Gasteiger partial charge < -0.3 is 37.8 Å². The number of nitrogens with one attached hydrogen (secondary N) is 2. The van der Waals surface area contributed by atoms with E-state index in [0.29, 0.717) is 5.56 Å². The summed E-state index contributed by atoms with van der Waals surface area (Å²) in [6.07, 6.45) is 0.339. The second-order valence-electron chi connectivity index (χ2n) is 9.16. The monoisotopic (exact) mass is 601 g/mol. The van der Waals surface area contributed by atoms with Crippen molar-refractivity contribution in [3.05, 3.63) is 64.5 Å². The molecule has 0 heterocycles. The van der Waals surface area contributed by atoms with Crippen LogP contribution in [0.2, 0.25) is 0 Å². The maximum atomic E-state index is 14.1. The summed E-state index contributed by atoms with van der Waals surface area (Å²) in [6, 6.07) is 3.69. The predicted molar refractivity (Wildman–Crippen MR) is 142 cm³/mol. The molecule has 2 atom stereocenters. The minimum absolute atomic E-state index is 0.0243. The number of aliphatic imine (C=N–C) groups is 1. The average molecular weight is 602 g/mol. The first-order chi connectivity index (χ1) is 19.8. The Bertz CT molecular complexity index is 1280. The Kier molecular flexibility index (Phi) is 12.5. The molecule has 2 aromatic carbocycles. The van der Waals surface area contributed by atoms with Crippen LogP contribution in [0, 0.1) is 29.1 Å². The van der Waals surface area contributed by atoms with Crippen LogP contribution in [0.25, 0.3) is 0 Å². The molecule has 0 fully saturated rings. The van der Waals surface area contributed by atoms with Crippen LogP contribution in [0.4, 0.5) is 22.0 Å². The summed E-state index contributed by atoms with van der Waals surface area (Å²) in [4.78, 5) is 42.9. The quantitative estimate of drug-likeness (QED) is 0.0458. The summed E-state index contributed by atoms with van der Waals surface area (Å²) < 4.78 is 68.7. The molecule has 0 spiro atoms. The van der Waals surface area contributed by atoms with E-state index in [-0.39, 0.29) is 44.1 Å². The van der Waals surface area contributed by atoms with Gasteiger partial charge in [0.25, 0.3) is 0 Å². The summed E-state index contributed by atoms with van der Waals surface area (Å²) in [5, 5.41) is 14.2. The molecule has 0 saturated carbocycles. The van der Waals surface area contributed by atoms with Crippen LogP contribution in [0.5, 0.6) is 5.75 Å². The summed E-state index contributed by atoms with van der Waals surface area (Å²) in [5.41, 5.74) is 16.0. The van der Waals surface area contributed by atoms with Crippen molar-refractivity contribution in [1.82, 2.24) is 15.5 Å². The number of hydrogen-bond donors (Lipinski definition) is 6. The zero-order valence-corrected chi connectivity index (χ0v) is 22.6. The van der Waals surface area contributed by atoms with Crippen LogP contribution in [0.15, 0.2) is 29.3 Å². The van der Waals surface area contributed by atoms with Gasteiger partial charge in [-0.1, -0.05) is 12.1 Å². The van der Waals surface area contributed by atoms with Gasteiger partial charge >= 0.3 is 0 Å². The number of likely N-dealkylation sites (N-methyl/N-ethyl adjacent to an activating group) is 1. The fourth-order valence-electron chi connectivity index (χ4n) is 3.78. The van der Waals surface area contributed by atoms with Crippen LogP contribution in [0.3, 0.4) is 0 Å². The molecular weight excluding hydrogens is 569 g/mol. The molecule has 0 saturated heterocycles. The molecule has 11 nitrogen and oxygen atoms in total. The average Bonchev–Trinajstić information content (AvgIpc) is 2.96. The van der Waals surface area contributed by atoms with Gasteiger partial charge in [-0.05, 0) is 43.9 Å². The topological polar surface area (TPSA) is 189 Å². The van der Waals surface area contributed by atoms with E-state index in [1.54, 1.807) is 12.1 Å². The minimum atomic E-state index is -2.33. The van der Waals surface area contributed by atoms with Crippen LogP contribution in [-0.4, -0.2) is 65.4 Å². The number of halogens is 5. The second kappa shape index (κ2) is 15.5. The van der Waals surface area contributed by atoms with Gasteiger partial charge in [0.1, 0.15) is 11.8 Å². The lowest BCUT2D eigenvalue weighted by Crippen LogP contribution is -2.53. The first-order valence-electron chi connectivity index (χ1n) is 12.7. The number of phenolic OH excluding ortho intramolecular Hbond substituents is 1. The SMILES string of the molecule is CCN(Cc1c(F)c(F)c(F)c(F)c1F)C(=O)CNC(=O)[C@@H](CCCN=C(N)N)NC(=O)[C@@H](N)Cc1ccc(O)cc1. The van der Waals surface area contributed by atoms with Crippen molar-refractivity contribution >= 4 is 23.7 Å². The zero-order valence-electron chi connectivity index (χ0n) is 22.6. The molecule has 0 aliphatic carbocycles. The van der Waals surface area contributed by atoms with E-state index in [1.165, 1.54) is 19.1 Å². The third-order valence-electron chi connectivity index (χ3n) is 6.10. The highest BCUT2D eigenvalue weighted by atomic mass is 19.2. The van der Waals surface area contributed by atoms with Crippen molar-refractivity contribution in [2.45, 2.75) is 44.8 Å². The first kappa shape index (κ1) is 33.7. The van der Waals surface area contributed by atoms with E-state index in [9.17, 15) is 41.4 Å². The van der Waals surface area contributed by atoms with Gasteiger partial charge in [0, 0.05) is 18.7 Å². The number of aromatic hydroxyl groups is 1. The van der Waals surface area contributed by atoms with Crippen molar-refractivity contribution in [2.24, 2.45) is 22.2 Å². The van der Waals surface area contributed by atoms with Gasteiger partial charge in [0.05, 0.1) is 19.1 Å². The normalized spacial score (nSPS) is 12.3. The van der Waals surface area contributed by atoms with Crippen LogP contribution >= 0.6 is 0 Å². The highest BCUT2D eigenvalue weighted by molar-refractivity contribution is 5.91. The lowest BCUT2D eigenvalue weighted by Gasteiger charge is -2.24. The van der Waals surface area contributed by atoms with Crippen LogP contribution in [0.1, 0.15) is 30.9 Å². The van der Waals surface area contributed by atoms with Crippen molar-refractivity contribution in [3.8, 4) is 5.75 Å². The Hall–Kier alpha value is -4.47. The molecule has 3 amide bonds. The van der Waals surface area contributed by atoms with E-state index in [4.69, 9.17) is 17.2 Å². The Morgan fingerprint density at radius 3 is 2.07 bits per heavy atom. The Morgan fingerprint density at radius 1 is 0.952 bits per heavy atom. The third-order valence-corrected chi connectivity index (χ3v) is 6.10. The standard InChI is InChI=1S/C26H32F5N7O4/c1-2-38(12-15-19(27)21(29)23(31)22(30)20(15)28)18(40)11-36-25(42)17(4-3-9-35-26(33)34)37-24(41)16(32)10-13-5-7-14(39)8-6-13/h5-8,16-17,39H,2-4,9-12,32H2,1H3,(H,36,42)(H,37,41)(H4,33,34,35)/t16-,17+/m0/s1. The molecule has 2 aromatic rings. The Morgan fingerprint density at radius 2 is 1.52 bits per heavy atom. The van der Waals surface area contributed by atoms with Crippen molar-refractivity contribution in [2.75, 3.05) is 19.6 Å². The molecule has 0 aromatic heterocycles. The van der Waals surface area contributed by atoms with Gasteiger partial charge in [-0.25, -0.2) is 22.0 Å². The number of guanidine groups is 1. The number of carbonyl (C=O) groups is 3. The lowest BCUT2D eigenvalue weighted by molar-refractivity contribution is -0.134. The first-order valence-corrected chi connectivity index (χ1v) is 12.7. The second-order valence-corrected chi connectivity index (χ2v) is 9.16. The van der Waals surface area contributed by atoms with Crippen molar-refractivity contribution < 1.29 is 41.4 Å². The van der Waals surface area contributed by atoms with Crippen LogP contribution < -0.4 is 27.8 Å². The zero-order chi connectivity index (χ0) is 31.6. The number of rotatable bonds is 14. The van der Waals surface area contributed by atoms with E-state index >= 15 is 0 Å². The number of amides is 3. The molecule has 0 bridgehead atoms. The van der Waals surface area contributed by atoms with E-state index in [0.717, 1.165) is 4.90 Å². The fourth-order valence-corrected chi connectivity index (χ4v) is 3.78. The van der Waals surface area contributed by atoms with E-state index in [1.807, 2.05) is 0 Å². The summed E-state index contributed by atoms with van der Waals surface area (Å²) in [7, 11) is 0. The molecule has 0 aliphatic heterocycles. The highest BCUT2D eigenvalue weighted by Gasteiger charge is 2.29. The molecule has 9 N–H and O–H groups in total. The van der Waals surface area contributed by atoms with Crippen molar-refractivity contribution in [3.63, 3.8) is 0 Å². The molecule has 0 radical (unpaired) electrons. The summed E-state index contributed by atoms with van der Waals surface area (Å²) in [6.45, 7) is -0.358. The molecule has 0 unspecified atom stereocenters. The molecule has 0 aliphatic rings. The molecule has 42 heavy (non-hydrogen) atoms. The number of nitrogens with zero attached hydrogens (tertiary/aromatic N) is 2. The van der Waals surface area contributed by atoms with Crippen molar-refractivity contribution in [1.29, 1.82) is 0 Å². The maximum Gasteiger partial charge on any atom is 0.243 e. The number of phenols is 1. The van der Waals surface area contributed by atoms with Gasteiger partial charge in [-0.3, -0.25) is 19.4 Å². The highest BCUT2D eigenvalue weighted by Crippen LogP contribution is 2.24. The molecule has 2 rings (SSSR count). The summed E-state index contributed by atoms with van der Waals surface area (Å²) >= 11 is 0. The molecule has 230 valence electrons. The fraction of sp³-hybridized carbons (Fsp3) is 0.385. The van der Waals surface area contributed by atoms with Gasteiger partial charge in [-0.2, -0.15) is 0 Å². The maximum absolute atomic E-state index is 14.1. The molecular formula is C26H32F5N7O4. The van der Waals surface area contributed by atoms with Crippen LogP contribution in [-0.2, 0) is 27.3 Å². The largest absolute Gasteiger partial charge is 0.508 e. The minimum Gasteiger partial charge on any atom is -0.508 e. The third kappa shape index (κ3) is 9.29. The van der Waals surface area contributed by atoms with E-state index in [2.05, 4.69) is 15.6 Å². The smallest absolute Gasteiger partial charge is 0.243 e. The summed E-state index contributed by atoms with van der Waals surface area (Å²) in [5.74, 6) is -13.3. The number of benzene rings is 2. The number of carbonyl (C=O) groups excluding carboxylic acids is 3.